The van der Waals surface area contributed by atoms with Crippen LogP contribution in [0.4, 0.5) is 17.1 Å². The molecule has 0 aliphatic carbocycles. The van der Waals surface area contributed by atoms with Crippen molar-refractivity contribution < 1.29 is 4.79 Å². The molecule has 1 atom stereocenters. The van der Waals surface area contributed by atoms with Gasteiger partial charge in [0, 0.05) is 24.7 Å². The van der Waals surface area contributed by atoms with Gasteiger partial charge in [0.1, 0.15) is 0 Å². The van der Waals surface area contributed by atoms with Crippen molar-refractivity contribution in [3.8, 4) is 0 Å². The number of para-hydroxylation sites is 3. The molecule has 2 aromatic carbocycles. The van der Waals surface area contributed by atoms with Gasteiger partial charge in [0.05, 0.1) is 11.4 Å². The lowest BCUT2D eigenvalue weighted by Gasteiger charge is -2.24. The van der Waals surface area contributed by atoms with Crippen LogP contribution in [0.15, 0.2) is 48.5 Å². The Hall–Kier alpha value is -2.49. The van der Waals surface area contributed by atoms with Gasteiger partial charge in [0.2, 0.25) is 5.91 Å². The van der Waals surface area contributed by atoms with Crippen molar-refractivity contribution in [1.29, 1.82) is 0 Å². The number of benzene rings is 2. The van der Waals surface area contributed by atoms with E-state index in [9.17, 15) is 4.79 Å². The second-order valence-corrected chi connectivity index (χ2v) is 5.76. The molecule has 0 saturated heterocycles. The van der Waals surface area contributed by atoms with Gasteiger partial charge in [-0.25, -0.2) is 0 Å². The number of rotatable bonds is 4. The van der Waals surface area contributed by atoms with Crippen molar-refractivity contribution >= 4 is 23.0 Å². The fraction of sp³-hybridized carbons (Fsp3) is 0.278. The smallest absolute Gasteiger partial charge is 0.226 e. The van der Waals surface area contributed by atoms with Crippen LogP contribution in [0.25, 0.3) is 0 Å². The van der Waals surface area contributed by atoms with Crippen LogP contribution in [0.2, 0.25) is 0 Å². The lowest BCUT2D eigenvalue weighted by Crippen LogP contribution is -2.32. The molecule has 0 aromatic heterocycles. The Morgan fingerprint density at radius 2 is 1.95 bits per heavy atom. The number of nitrogen functional groups attached to an aromatic ring is 1. The molecule has 1 aliphatic heterocycles. The maximum Gasteiger partial charge on any atom is 0.226 e. The molecule has 22 heavy (non-hydrogen) atoms. The van der Waals surface area contributed by atoms with Gasteiger partial charge in [0.15, 0.2) is 0 Å². The largest absolute Gasteiger partial charge is 0.397 e. The maximum atomic E-state index is 12.1. The van der Waals surface area contributed by atoms with E-state index >= 15 is 0 Å². The summed E-state index contributed by atoms with van der Waals surface area (Å²) in [6.07, 6.45) is 1.50. The van der Waals surface area contributed by atoms with Crippen molar-refractivity contribution in [2.45, 2.75) is 25.8 Å². The van der Waals surface area contributed by atoms with Crippen LogP contribution < -0.4 is 16.0 Å². The van der Waals surface area contributed by atoms with Crippen molar-refractivity contribution in [3.63, 3.8) is 0 Å². The molecule has 0 fully saturated rings. The number of nitrogens with two attached hydrogens (primary N) is 1. The second kappa shape index (κ2) is 6.10. The number of nitrogens with one attached hydrogen (secondary N) is 1. The second-order valence-electron chi connectivity index (χ2n) is 5.76. The Bertz CT molecular complexity index is 684. The normalized spacial score (nSPS) is 16.4. The van der Waals surface area contributed by atoms with E-state index < -0.39 is 0 Å². The SMILES string of the molecule is CC1Cc2ccccc2N1CCC(=O)Nc1ccccc1N. The summed E-state index contributed by atoms with van der Waals surface area (Å²) in [6.45, 7) is 2.92. The number of anilines is 3. The number of amides is 1. The zero-order valence-corrected chi connectivity index (χ0v) is 12.8. The van der Waals surface area contributed by atoms with Crippen molar-refractivity contribution in [1.82, 2.24) is 0 Å². The van der Waals surface area contributed by atoms with Gasteiger partial charge in [-0.15, -0.1) is 0 Å². The summed E-state index contributed by atoms with van der Waals surface area (Å²) in [7, 11) is 0. The predicted octanol–water partition coefficient (Wildman–Crippen LogP) is 3.05. The summed E-state index contributed by atoms with van der Waals surface area (Å²) in [6, 6.07) is 16.2. The predicted molar refractivity (Wildman–Crippen MR) is 91.1 cm³/mol. The van der Waals surface area contributed by atoms with Gasteiger partial charge >= 0.3 is 0 Å². The van der Waals surface area contributed by atoms with Crippen LogP contribution in [0.3, 0.4) is 0 Å². The number of carbonyl (C=O) groups is 1. The minimum absolute atomic E-state index is 0.00511. The van der Waals surface area contributed by atoms with Crippen LogP contribution in [0, 0.1) is 0 Å². The Kier molecular flexibility index (Phi) is 4.00. The first kappa shape index (κ1) is 14.4. The third-order valence-corrected chi connectivity index (χ3v) is 4.16. The molecule has 3 N–H and O–H groups in total. The molecule has 0 spiro atoms. The lowest BCUT2D eigenvalue weighted by atomic mass is 10.1. The minimum atomic E-state index is -0.00511. The van der Waals surface area contributed by atoms with E-state index in [4.69, 9.17) is 5.73 Å². The van der Waals surface area contributed by atoms with E-state index in [1.54, 1.807) is 6.07 Å². The van der Waals surface area contributed by atoms with Crippen LogP contribution >= 0.6 is 0 Å². The third-order valence-electron chi connectivity index (χ3n) is 4.16. The molecule has 1 heterocycles. The van der Waals surface area contributed by atoms with Gasteiger partial charge in [-0.1, -0.05) is 30.3 Å². The first-order valence-corrected chi connectivity index (χ1v) is 7.64. The topological polar surface area (TPSA) is 58.4 Å². The quantitative estimate of drug-likeness (QED) is 0.852. The highest BCUT2D eigenvalue weighted by Crippen LogP contribution is 2.31. The van der Waals surface area contributed by atoms with E-state index in [2.05, 4.69) is 41.4 Å². The van der Waals surface area contributed by atoms with Crippen molar-refractivity contribution in [2.24, 2.45) is 0 Å². The van der Waals surface area contributed by atoms with Crippen LogP contribution in [0.1, 0.15) is 18.9 Å². The van der Waals surface area contributed by atoms with Crippen LogP contribution in [-0.2, 0) is 11.2 Å². The first-order chi connectivity index (χ1) is 10.6. The molecule has 4 heteroatoms. The summed E-state index contributed by atoms with van der Waals surface area (Å²) < 4.78 is 0. The molecule has 3 rings (SSSR count). The fourth-order valence-corrected chi connectivity index (χ4v) is 3.02. The average molecular weight is 295 g/mol. The highest BCUT2D eigenvalue weighted by molar-refractivity contribution is 5.94. The molecular weight excluding hydrogens is 274 g/mol. The molecule has 2 aromatic rings. The van der Waals surface area contributed by atoms with Gasteiger partial charge in [-0.2, -0.15) is 0 Å². The molecule has 4 nitrogen and oxygen atoms in total. The lowest BCUT2D eigenvalue weighted by molar-refractivity contribution is -0.116. The third kappa shape index (κ3) is 2.91. The van der Waals surface area contributed by atoms with E-state index in [1.807, 2.05) is 18.2 Å². The van der Waals surface area contributed by atoms with E-state index in [1.165, 1.54) is 11.3 Å². The molecule has 114 valence electrons. The fourth-order valence-electron chi connectivity index (χ4n) is 3.02. The summed E-state index contributed by atoms with van der Waals surface area (Å²) in [5.74, 6) is -0.00511. The standard InChI is InChI=1S/C18H21N3O/c1-13-12-14-6-2-5-9-17(14)21(13)11-10-18(22)20-16-8-4-3-7-15(16)19/h2-9,13H,10-12,19H2,1H3,(H,20,22). The summed E-state index contributed by atoms with van der Waals surface area (Å²) >= 11 is 0. The Morgan fingerprint density at radius 1 is 1.23 bits per heavy atom. The molecule has 1 aliphatic rings. The highest BCUT2D eigenvalue weighted by atomic mass is 16.1. The molecule has 0 saturated carbocycles. The van der Waals surface area contributed by atoms with Crippen molar-refractivity contribution in [2.75, 3.05) is 22.5 Å². The Labute approximate surface area is 130 Å². The minimum Gasteiger partial charge on any atom is -0.397 e. The Morgan fingerprint density at radius 3 is 2.77 bits per heavy atom. The number of nitrogens with zero attached hydrogens (tertiary/aromatic N) is 1. The van der Waals surface area contributed by atoms with Gasteiger partial charge < -0.3 is 16.0 Å². The maximum absolute atomic E-state index is 12.1. The summed E-state index contributed by atoms with van der Waals surface area (Å²) in [5.41, 5.74) is 9.74. The number of fused-ring (bicyclic) bond motifs is 1. The highest BCUT2D eigenvalue weighted by Gasteiger charge is 2.25. The molecule has 0 radical (unpaired) electrons. The van der Waals surface area contributed by atoms with Crippen LogP contribution in [0.5, 0.6) is 0 Å². The average Bonchev–Trinajstić information content (AvgIpc) is 2.83. The van der Waals surface area contributed by atoms with Gasteiger partial charge in [0.25, 0.3) is 0 Å². The monoisotopic (exact) mass is 295 g/mol. The zero-order valence-electron chi connectivity index (χ0n) is 12.8. The summed E-state index contributed by atoms with van der Waals surface area (Å²) in [5, 5.41) is 2.88. The number of hydrogen-bond donors (Lipinski definition) is 2. The molecule has 1 amide bonds. The number of carbonyl (C=O) groups excluding carboxylic acids is 1. The zero-order chi connectivity index (χ0) is 15.5. The molecule has 1 unspecified atom stereocenters. The van der Waals surface area contributed by atoms with Crippen LogP contribution in [-0.4, -0.2) is 18.5 Å². The van der Waals surface area contributed by atoms with E-state index in [0.29, 0.717) is 23.8 Å². The van der Waals surface area contributed by atoms with E-state index in [-0.39, 0.29) is 5.91 Å². The molecular formula is C18H21N3O. The molecule has 0 bridgehead atoms. The van der Waals surface area contributed by atoms with Gasteiger partial charge in [-0.05, 0) is 37.1 Å². The van der Waals surface area contributed by atoms with E-state index in [0.717, 1.165) is 13.0 Å². The summed E-state index contributed by atoms with van der Waals surface area (Å²) in [4.78, 5) is 14.5. The Balaban J connectivity index is 1.61. The number of hydrogen-bond acceptors (Lipinski definition) is 3. The van der Waals surface area contributed by atoms with Crippen molar-refractivity contribution in [3.05, 3.63) is 54.1 Å². The first-order valence-electron chi connectivity index (χ1n) is 7.64. The van der Waals surface area contributed by atoms with Gasteiger partial charge in [-0.3, -0.25) is 4.79 Å².